The van der Waals surface area contributed by atoms with Crippen LogP contribution in [0.15, 0.2) is 12.3 Å². The summed E-state index contributed by atoms with van der Waals surface area (Å²) in [5.74, 6) is -0.501. The summed E-state index contributed by atoms with van der Waals surface area (Å²) in [6, 6.07) is 0.609. The van der Waals surface area contributed by atoms with Crippen molar-refractivity contribution in [3.05, 3.63) is 18.0 Å². The van der Waals surface area contributed by atoms with Gasteiger partial charge in [0.2, 0.25) is 11.9 Å². The number of hydrogen-bond donors (Lipinski definition) is 1. The highest BCUT2D eigenvalue weighted by atomic mass is 19.4. The van der Waals surface area contributed by atoms with Crippen LogP contribution in [0.3, 0.4) is 0 Å². The highest BCUT2D eigenvalue weighted by Crippen LogP contribution is 2.28. The van der Waals surface area contributed by atoms with E-state index in [0.717, 1.165) is 12.3 Å². The average Bonchev–Trinajstić information content (AvgIpc) is 2.72. The Hall–Kier alpha value is -2.59. The zero-order valence-corrected chi connectivity index (χ0v) is 18.6. The van der Waals surface area contributed by atoms with Crippen molar-refractivity contribution in [2.24, 2.45) is 5.92 Å². The van der Waals surface area contributed by atoms with Crippen molar-refractivity contribution in [2.75, 3.05) is 31.1 Å². The van der Waals surface area contributed by atoms with Gasteiger partial charge in [-0.15, -0.1) is 0 Å². The Kier molecular flexibility index (Phi) is 7.14. The first-order valence-electron chi connectivity index (χ1n) is 10.9. The number of aromatic nitrogens is 2. The van der Waals surface area contributed by atoms with Gasteiger partial charge in [-0.05, 0) is 52.5 Å². The number of rotatable bonds is 3. The zero-order chi connectivity index (χ0) is 23.5. The number of carbonyl (C=O) groups excluding carboxylic acids is 2. The molecule has 2 atom stereocenters. The van der Waals surface area contributed by atoms with Crippen molar-refractivity contribution >= 4 is 17.9 Å². The summed E-state index contributed by atoms with van der Waals surface area (Å²) >= 11 is 0. The van der Waals surface area contributed by atoms with Crippen molar-refractivity contribution in [1.82, 2.24) is 20.2 Å². The average molecular weight is 457 g/mol. The van der Waals surface area contributed by atoms with Crippen LogP contribution < -0.4 is 10.2 Å². The fourth-order valence-corrected chi connectivity index (χ4v) is 3.94. The third kappa shape index (κ3) is 6.46. The molecule has 2 amide bonds. The summed E-state index contributed by atoms with van der Waals surface area (Å²) < 4.78 is 44.3. The number of nitrogens with one attached hydrogen (secondary N) is 1. The van der Waals surface area contributed by atoms with E-state index in [4.69, 9.17) is 4.74 Å². The minimum Gasteiger partial charge on any atom is -0.444 e. The first-order chi connectivity index (χ1) is 14.9. The van der Waals surface area contributed by atoms with E-state index >= 15 is 0 Å². The van der Waals surface area contributed by atoms with E-state index in [0.29, 0.717) is 45.3 Å². The largest absolute Gasteiger partial charge is 0.444 e. The van der Waals surface area contributed by atoms with Crippen LogP contribution in [-0.4, -0.2) is 64.7 Å². The molecule has 2 aliphatic heterocycles. The second-order valence-corrected chi connectivity index (χ2v) is 9.30. The number of ether oxygens (including phenoxy) is 1. The SMILES string of the molecule is CC(C)(C)OC(=O)N1CCC[C@@H](C(=O)N[C@H]2CCCN(c3nccc(C(F)(F)F)n3)C2)C1. The number of likely N-dealkylation sites (tertiary alicyclic amines) is 1. The number of amides is 2. The van der Waals surface area contributed by atoms with Gasteiger partial charge in [0.05, 0.1) is 5.92 Å². The molecule has 0 radical (unpaired) electrons. The fourth-order valence-electron chi connectivity index (χ4n) is 3.94. The van der Waals surface area contributed by atoms with E-state index in [1.54, 1.807) is 30.6 Å². The Morgan fingerprint density at radius 2 is 1.84 bits per heavy atom. The van der Waals surface area contributed by atoms with Gasteiger partial charge in [0.1, 0.15) is 11.3 Å². The number of halogens is 3. The van der Waals surface area contributed by atoms with Crippen LogP contribution >= 0.6 is 0 Å². The molecule has 0 saturated carbocycles. The molecule has 32 heavy (non-hydrogen) atoms. The van der Waals surface area contributed by atoms with Crippen LogP contribution in [-0.2, 0) is 15.7 Å². The Bertz CT molecular complexity index is 828. The Balaban J connectivity index is 1.58. The second kappa shape index (κ2) is 9.50. The zero-order valence-electron chi connectivity index (χ0n) is 18.6. The molecule has 11 heteroatoms. The summed E-state index contributed by atoms with van der Waals surface area (Å²) in [5, 5.41) is 3.00. The Labute approximate surface area is 185 Å². The molecule has 3 heterocycles. The van der Waals surface area contributed by atoms with Crippen molar-refractivity contribution < 1.29 is 27.5 Å². The van der Waals surface area contributed by atoms with E-state index in [1.807, 2.05) is 0 Å². The van der Waals surface area contributed by atoms with Gasteiger partial charge in [0, 0.05) is 38.4 Å². The van der Waals surface area contributed by atoms with Crippen molar-refractivity contribution in [2.45, 2.75) is 64.3 Å². The maximum absolute atomic E-state index is 13.0. The lowest BCUT2D eigenvalue weighted by molar-refractivity contribution is -0.141. The van der Waals surface area contributed by atoms with Crippen LogP contribution in [0.2, 0.25) is 0 Å². The minimum atomic E-state index is -4.54. The molecule has 2 aliphatic rings. The van der Waals surface area contributed by atoms with E-state index in [-0.39, 0.29) is 30.4 Å². The number of carbonyl (C=O) groups is 2. The summed E-state index contributed by atoms with van der Waals surface area (Å²) in [6.45, 7) is 7.06. The number of nitrogens with zero attached hydrogens (tertiary/aromatic N) is 4. The van der Waals surface area contributed by atoms with Crippen LogP contribution in [0, 0.1) is 5.92 Å². The molecule has 1 aromatic heterocycles. The van der Waals surface area contributed by atoms with Crippen molar-refractivity contribution in [3.63, 3.8) is 0 Å². The molecule has 0 unspecified atom stereocenters. The number of hydrogen-bond acceptors (Lipinski definition) is 6. The first-order valence-corrected chi connectivity index (χ1v) is 10.9. The normalized spacial score (nSPS) is 22.4. The molecule has 8 nitrogen and oxygen atoms in total. The van der Waals surface area contributed by atoms with E-state index in [1.165, 1.54) is 0 Å². The summed E-state index contributed by atoms with van der Waals surface area (Å²) in [4.78, 5) is 36.1. The maximum Gasteiger partial charge on any atom is 0.433 e. The van der Waals surface area contributed by atoms with Crippen LogP contribution in [0.5, 0.6) is 0 Å². The number of anilines is 1. The molecular formula is C21H30F3N5O3. The first kappa shape index (κ1) is 24.1. The third-order valence-electron chi connectivity index (χ3n) is 5.43. The lowest BCUT2D eigenvalue weighted by Crippen LogP contribution is -2.52. The van der Waals surface area contributed by atoms with Gasteiger partial charge in [-0.1, -0.05) is 0 Å². The standard InChI is InChI=1S/C21H30F3N5O3/c1-20(2,3)32-19(31)29-11-4-6-14(12-29)17(30)26-15-7-5-10-28(13-15)18-25-9-8-16(27-18)21(22,23)24/h8-9,14-15H,4-7,10-13H2,1-3H3,(H,26,30)/t14-,15+/m1/s1. The van der Waals surface area contributed by atoms with Gasteiger partial charge in [-0.3, -0.25) is 4.79 Å². The predicted octanol–water partition coefficient (Wildman–Crippen LogP) is 3.23. The topological polar surface area (TPSA) is 87.7 Å². The fraction of sp³-hybridized carbons (Fsp3) is 0.714. The van der Waals surface area contributed by atoms with Gasteiger partial charge in [0.25, 0.3) is 0 Å². The molecule has 2 saturated heterocycles. The van der Waals surface area contributed by atoms with E-state index < -0.39 is 23.6 Å². The van der Waals surface area contributed by atoms with Crippen LogP contribution in [0.1, 0.15) is 52.1 Å². The molecule has 0 aliphatic carbocycles. The summed E-state index contributed by atoms with van der Waals surface area (Å²) in [6.07, 6.45) is -1.10. The van der Waals surface area contributed by atoms with Crippen molar-refractivity contribution in [3.8, 4) is 0 Å². The van der Waals surface area contributed by atoms with Gasteiger partial charge in [0.15, 0.2) is 0 Å². The Morgan fingerprint density at radius 3 is 2.53 bits per heavy atom. The smallest absolute Gasteiger partial charge is 0.433 e. The molecule has 3 rings (SSSR count). The molecule has 2 fully saturated rings. The predicted molar refractivity (Wildman–Crippen MR) is 111 cm³/mol. The summed E-state index contributed by atoms with van der Waals surface area (Å²) in [5.41, 5.74) is -1.60. The van der Waals surface area contributed by atoms with Gasteiger partial charge < -0.3 is 19.9 Å². The van der Waals surface area contributed by atoms with Crippen LogP contribution in [0.4, 0.5) is 23.9 Å². The lowest BCUT2D eigenvalue weighted by atomic mass is 9.96. The van der Waals surface area contributed by atoms with Gasteiger partial charge in [-0.2, -0.15) is 13.2 Å². The second-order valence-electron chi connectivity index (χ2n) is 9.30. The highest BCUT2D eigenvalue weighted by molar-refractivity contribution is 5.80. The van der Waals surface area contributed by atoms with E-state index in [2.05, 4.69) is 15.3 Å². The molecule has 1 N–H and O–H groups in total. The van der Waals surface area contributed by atoms with E-state index in [9.17, 15) is 22.8 Å². The molecule has 0 spiro atoms. The summed E-state index contributed by atoms with van der Waals surface area (Å²) in [7, 11) is 0. The van der Waals surface area contributed by atoms with Gasteiger partial charge in [-0.25, -0.2) is 14.8 Å². The van der Waals surface area contributed by atoms with Crippen LogP contribution in [0.25, 0.3) is 0 Å². The van der Waals surface area contributed by atoms with Crippen molar-refractivity contribution in [1.29, 1.82) is 0 Å². The molecule has 0 aromatic carbocycles. The Morgan fingerprint density at radius 1 is 1.12 bits per heavy atom. The number of alkyl halides is 3. The molecule has 0 bridgehead atoms. The minimum absolute atomic E-state index is 0.00698. The third-order valence-corrected chi connectivity index (χ3v) is 5.43. The number of piperidine rings is 2. The van der Waals surface area contributed by atoms with Gasteiger partial charge >= 0.3 is 12.3 Å². The molecular weight excluding hydrogens is 427 g/mol. The molecule has 178 valence electrons. The lowest BCUT2D eigenvalue weighted by Gasteiger charge is -2.36. The molecule has 1 aromatic rings. The quantitative estimate of drug-likeness (QED) is 0.750. The maximum atomic E-state index is 13.0. The highest BCUT2D eigenvalue weighted by Gasteiger charge is 2.35. The monoisotopic (exact) mass is 457 g/mol.